The summed E-state index contributed by atoms with van der Waals surface area (Å²) in [5.41, 5.74) is 2.32. The third kappa shape index (κ3) is 3.43. The summed E-state index contributed by atoms with van der Waals surface area (Å²) >= 11 is 1.89. The lowest BCUT2D eigenvalue weighted by atomic mass is 10.2. The fourth-order valence-corrected chi connectivity index (χ4v) is 3.10. The SMILES string of the molecule is Cc1cc(CNC(C)Cc2ccc(C)s2)n(C)n1. The van der Waals surface area contributed by atoms with Crippen molar-refractivity contribution in [1.29, 1.82) is 0 Å². The molecule has 0 fully saturated rings. The summed E-state index contributed by atoms with van der Waals surface area (Å²) in [6.07, 6.45) is 1.09. The van der Waals surface area contributed by atoms with E-state index in [1.54, 1.807) is 0 Å². The van der Waals surface area contributed by atoms with E-state index in [-0.39, 0.29) is 0 Å². The monoisotopic (exact) mass is 263 g/mol. The van der Waals surface area contributed by atoms with Crippen molar-refractivity contribution in [2.45, 2.75) is 39.8 Å². The first-order valence-corrected chi connectivity index (χ1v) is 7.14. The molecule has 3 nitrogen and oxygen atoms in total. The van der Waals surface area contributed by atoms with Crippen LogP contribution in [-0.4, -0.2) is 15.8 Å². The Morgan fingerprint density at radius 3 is 2.72 bits per heavy atom. The van der Waals surface area contributed by atoms with Crippen LogP contribution in [0, 0.1) is 13.8 Å². The van der Waals surface area contributed by atoms with E-state index in [4.69, 9.17) is 0 Å². The maximum atomic E-state index is 4.36. The number of hydrogen-bond donors (Lipinski definition) is 1. The Bertz CT molecular complexity index is 513. The molecule has 0 amide bonds. The molecule has 98 valence electrons. The molecule has 18 heavy (non-hydrogen) atoms. The van der Waals surface area contributed by atoms with Crippen LogP contribution < -0.4 is 5.32 Å². The van der Waals surface area contributed by atoms with E-state index in [1.807, 2.05) is 30.0 Å². The third-order valence-corrected chi connectivity index (χ3v) is 4.06. The molecule has 0 aliphatic heterocycles. The molecule has 2 heterocycles. The molecule has 0 spiro atoms. The molecule has 1 unspecified atom stereocenters. The number of thiophene rings is 1. The molecule has 0 saturated carbocycles. The lowest BCUT2D eigenvalue weighted by Gasteiger charge is -2.12. The summed E-state index contributed by atoms with van der Waals surface area (Å²) in [5, 5.41) is 7.91. The van der Waals surface area contributed by atoms with Crippen molar-refractivity contribution in [2.75, 3.05) is 0 Å². The second-order valence-corrected chi connectivity index (χ2v) is 6.27. The molecule has 4 heteroatoms. The number of hydrogen-bond acceptors (Lipinski definition) is 3. The second-order valence-electron chi connectivity index (χ2n) is 4.90. The first-order chi connectivity index (χ1) is 8.54. The highest BCUT2D eigenvalue weighted by Gasteiger charge is 2.07. The zero-order valence-electron chi connectivity index (χ0n) is 11.5. The number of aryl methyl sites for hydroxylation is 3. The van der Waals surface area contributed by atoms with Crippen molar-refractivity contribution in [3.63, 3.8) is 0 Å². The molecule has 0 aromatic carbocycles. The minimum atomic E-state index is 0.484. The average molecular weight is 263 g/mol. The normalized spacial score (nSPS) is 12.9. The first kappa shape index (κ1) is 13.3. The Labute approximate surface area is 113 Å². The van der Waals surface area contributed by atoms with E-state index in [0.29, 0.717) is 6.04 Å². The standard InChI is InChI=1S/C14H21N3S/c1-10(8-14-6-5-12(3)18-14)15-9-13-7-11(2)16-17(13)4/h5-7,10,15H,8-9H2,1-4H3. The molecule has 2 aromatic rings. The van der Waals surface area contributed by atoms with Gasteiger partial charge in [-0.25, -0.2) is 0 Å². The van der Waals surface area contributed by atoms with Gasteiger partial charge in [0.1, 0.15) is 0 Å². The molecule has 1 atom stereocenters. The zero-order chi connectivity index (χ0) is 13.1. The van der Waals surface area contributed by atoms with Crippen LogP contribution >= 0.6 is 11.3 Å². The van der Waals surface area contributed by atoms with E-state index < -0.39 is 0 Å². The predicted octanol–water partition coefficient (Wildman–Crippen LogP) is 2.82. The minimum absolute atomic E-state index is 0.484. The number of nitrogens with one attached hydrogen (secondary N) is 1. The summed E-state index contributed by atoms with van der Waals surface area (Å²) in [6.45, 7) is 7.30. The average Bonchev–Trinajstić information content (AvgIpc) is 2.82. The van der Waals surface area contributed by atoms with Crippen molar-refractivity contribution < 1.29 is 0 Å². The maximum absolute atomic E-state index is 4.36. The predicted molar refractivity (Wildman–Crippen MR) is 77.0 cm³/mol. The van der Waals surface area contributed by atoms with E-state index in [2.05, 4.69) is 42.5 Å². The molecular formula is C14H21N3S. The minimum Gasteiger partial charge on any atom is -0.308 e. The van der Waals surface area contributed by atoms with Gasteiger partial charge >= 0.3 is 0 Å². The smallest absolute Gasteiger partial charge is 0.0597 e. The largest absolute Gasteiger partial charge is 0.308 e. The molecule has 0 saturated heterocycles. The Hall–Kier alpha value is -1.13. The second kappa shape index (κ2) is 5.67. The number of aromatic nitrogens is 2. The highest BCUT2D eigenvalue weighted by Crippen LogP contribution is 2.16. The van der Waals surface area contributed by atoms with Gasteiger partial charge in [-0.15, -0.1) is 11.3 Å². The van der Waals surface area contributed by atoms with E-state index in [0.717, 1.165) is 18.7 Å². The summed E-state index contributed by atoms with van der Waals surface area (Å²) < 4.78 is 1.95. The van der Waals surface area contributed by atoms with Gasteiger partial charge in [0.05, 0.1) is 11.4 Å². The highest BCUT2D eigenvalue weighted by atomic mass is 32.1. The van der Waals surface area contributed by atoms with Crippen molar-refractivity contribution >= 4 is 11.3 Å². The van der Waals surface area contributed by atoms with Crippen LogP contribution in [-0.2, 0) is 20.0 Å². The molecule has 0 bridgehead atoms. The molecular weight excluding hydrogens is 242 g/mol. The van der Waals surface area contributed by atoms with Crippen LogP contribution in [0.4, 0.5) is 0 Å². The van der Waals surface area contributed by atoms with E-state index in [1.165, 1.54) is 15.4 Å². The Kier molecular flexibility index (Phi) is 4.19. The van der Waals surface area contributed by atoms with Gasteiger partial charge in [0.2, 0.25) is 0 Å². The van der Waals surface area contributed by atoms with Crippen LogP contribution in [0.15, 0.2) is 18.2 Å². The van der Waals surface area contributed by atoms with Crippen molar-refractivity contribution in [3.05, 3.63) is 39.3 Å². The Balaban J connectivity index is 1.85. The molecule has 1 N–H and O–H groups in total. The fourth-order valence-electron chi connectivity index (χ4n) is 2.08. The van der Waals surface area contributed by atoms with E-state index >= 15 is 0 Å². The van der Waals surface area contributed by atoms with Crippen LogP contribution in [0.1, 0.15) is 28.1 Å². The van der Waals surface area contributed by atoms with Crippen molar-refractivity contribution in [3.8, 4) is 0 Å². The maximum Gasteiger partial charge on any atom is 0.0597 e. The summed E-state index contributed by atoms with van der Waals surface area (Å²) in [6, 6.07) is 7.04. The van der Waals surface area contributed by atoms with Gasteiger partial charge in [-0.3, -0.25) is 4.68 Å². The molecule has 2 rings (SSSR count). The van der Waals surface area contributed by atoms with Gasteiger partial charge in [0.15, 0.2) is 0 Å². The highest BCUT2D eigenvalue weighted by molar-refractivity contribution is 7.11. The van der Waals surface area contributed by atoms with Crippen LogP contribution in [0.5, 0.6) is 0 Å². The lowest BCUT2D eigenvalue weighted by Crippen LogP contribution is -2.28. The quantitative estimate of drug-likeness (QED) is 0.899. The van der Waals surface area contributed by atoms with Crippen LogP contribution in [0.3, 0.4) is 0 Å². The molecule has 2 aromatic heterocycles. The topological polar surface area (TPSA) is 29.9 Å². The van der Waals surface area contributed by atoms with Gasteiger partial charge in [-0.1, -0.05) is 0 Å². The van der Waals surface area contributed by atoms with Crippen LogP contribution in [0.25, 0.3) is 0 Å². The molecule has 0 aliphatic carbocycles. The molecule has 0 aliphatic rings. The van der Waals surface area contributed by atoms with E-state index in [9.17, 15) is 0 Å². The summed E-state index contributed by atoms with van der Waals surface area (Å²) in [4.78, 5) is 2.84. The number of nitrogens with zero attached hydrogens (tertiary/aromatic N) is 2. The van der Waals surface area contributed by atoms with Gasteiger partial charge in [0, 0.05) is 29.4 Å². The van der Waals surface area contributed by atoms with Gasteiger partial charge in [-0.2, -0.15) is 5.10 Å². The van der Waals surface area contributed by atoms with Crippen LogP contribution in [0.2, 0.25) is 0 Å². The van der Waals surface area contributed by atoms with Gasteiger partial charge in [-0.05, 0) is 45.4 Å². The lowest BCUT2D eigenvalue weighted by molar-refractivity contribution is 0.528. The van der Waals surface area contributed by atoms with Crippen molar-refractivity contribution in [1.82, 2.24) is 15.1 Å². The number of rotatable bonds is 5. The molecule has 0 radical (unpaired) electrons. The first-order valence-electron chi connectivity index (χ1n) is 6.33. The summed E-state index contributed by atoms with van der Waals surface area (Å²) in [7, 11) is 2.00. The van der Waals surface area contributed by atoms with Gasteiger partial charge in [0.25, 0.3) is 0 Å². The Morgan fingerprint density at radius 2 is 2.17 bits per heavy atom. The zero-order valence-corrected chi connectivity index (χ0v) is 12.3. The fraction of sp³-hybridized carbons (Fsp3) is 0.500. The Morgan fingerprint density at radius 1 is 1.39 bits per heavy atom. The van der Waals surface area contributed by atoms with Crippen molar-refractivity contribution in [2.24, 2.45) is 7.05 Å². The summed E-state index contributed by atoms with van der Waals surface area (Å²) in [5.74, 6) is 0. The third-order valence-electron chi connectivity index (χ3n) is 3.03. The van der Waals surface area contributed by atoms with Gasteiger partial charge < -0.3 is 5.32 Å².